The van der Waals surface area contributed by atoms with Crippen LogP contribution >= 0.6 is 0 Å². The second-order valence-electron chi connectivity index (χ2n) is 7.61. The van der Waals surface area contributed by atoms with Crippen LogP contribution in [0.15, 0.2) is 98.6 Å². The first-order valence-electron chi connectivity index (χ1n) is 11.3. The molecular weight excluding hydrogens is 500 g/mol. The Morgan fingerprint density at radius 1 is 0.641 bits per heavy atom. The molecule has 0 atom stereocenters. The van der Waals surface area contributed by atoms with Gasteiger partial charge < -0.3 is 18.9 Å². The minimum Gasteiger partial charge on any atom is -0.427 e. The highest BCUT2D eigenvalue weighted by Gasteiger charge is 2.17. The van der Waals surface area contributed by atoms with E-state index in [0.717, 1.165) is 18.2 Å². The Morgan fingerprint density at radius 3 is 1.72 bits per heavy atom. The zero-order valence-electron chi connectivity index (χ0n) is 20.9. The lowest BCUT2D eigenvalue weighted by molar-refractivity contribution is -0.132. The molecule has 0 saturated heterocycles. The van der Waals surface area contributed by atoms with Crippen LogP contribution in [-0.2, 0) is 19.2 Å². The molecular formula is C31H22O8. The molecule has 8 heteroatoms. The van der Waals surface area contributed by atoms with Crippen molar-refractivity contribution in [3.63, 3.8) is 0 Å². The number of rotatable bonds is 8. The molecule has 0 radical (unpaired) electrons. The molecule has 0 aliphatic carbocycles. The summed E-state index contributed by atoms with van der Waals surface area (Å²) < 4.78 is 21.0. The van der Waals surface area contributed by atoms with E-state index >= 15 is 0 Å². The van der Waals surface area contributed by atoms with Crippen molar-refractivity contribution in [2.24, 2.45) is 0 Å². The zero-order chi connectivity index (χ0) is 28.4. The Hall–Kier alpha value is -5.68. The molecule has 0 aliphatic rings. The van der Waals surface area contributed by atoms with Crippen LogP contribution in [0, 0.1) is 11.8 Å². The van der Waals surface area contributed by atoms with Crippen molar-refractivity contribution in [2.45, 2.75) is 6.92 Å². The van der Waals surface area contributed by atoms with Gasteiger partial charge in [0, 0.05) is 42.3 Å². The Morgan fingerprint density at radius 2 is 1.15 bits per heavy atom. The van der Waals surface area contributed by atoms with Crippen LogP contribution in [0.4, 0.5) is 0 Å². The lowest BCUT2D eigenvalue weighted by atomic mass is 10.0. The average molecular weight is 523 g/mol. The molecule has 0 heterocycles. The van der Waals surface area contributed by atoms with E-state index < -0.39 is 23.9 Å². The van der Waals surface area contributed by atoms with Gasteiger partial charge in [-0.1, -0.05) is 43.7 Å². The van der Waals surface area contributed by atoms with E-state index in [1.54, 1.807) is 48.5 Å². The van der Waals surface area contributed by atoms with Gasteiger partial charge >= 0.3 is 23.9 Å². The van der Waals surface area contributed by atoms with Crippen molar-refractivity contribution in [2.75, 3.05) is 0 Å². The number of ether oxygens (including phenoxy) is 4. The Balaban J connectivity index is 2.09. The van der Waals surface area contributed by atoms with Gasteiger partial charge in [-0.2, -0.15) is 0 Å². The first-order valence-corrected chi connectivity index (χ1v) is 11.3. The zero-order valence-corrected chi connectivity index (χ0v) is 20.9. The van der Waals surface area contributed by atoms with Crippen molar-refractivity contribution in [3.8, 4) is 46.0 Å². The van der Waals surface area contributed by atoms with Gasteiger partial charge in [-0.05, 0) is 48.0 Å². The normalized spacial score (nSPS) is 9.67. The van der Waals surface area contributed by atoms with Crippen LogP contribution in [0.3, 0.4) is 0 Å². The van der Waals surface area contributed by atoms with Gasteiger partial charge in [0.25, 0.3) is 0 Å². The highest BCUT2D eigenvalue weighted by molar-refractivity contribution is 5.88. The fourth-order valence-electron chi connectivity index (χ4n) is 3.12. The Bertz CT molecular complexity index is 1520. The van der Waals surface area contributed by atoms with E-state index in [4.69, 9.17) is 18.9 Å². The topological polar surface area (TPSA) is 105 Å². The Kier molecular flexibility index (Phi) is 9.32. The van der Waals surface area contributed by atoms with Crippen LogP contribution < -0.4 is 18.9 Å². The molecule has 0 saturated carbocycles. The Labute approximate surface area is 224 Å². The van der Waals surface area contributed by atoms with Crippen molar-refractivity contribution in [3.05, 3.63) is 110 Å². The standard InChI is InChI=1S/C31H22O8/c1-5-29(33)37-25-16-12-22(13-17-25)26-19-27(38-30(34)6-2)23(18-28(26)39-31(35)7-3)11-8-21-9-14-24(15-10-21)36-20(4)32/h5-7,9-10,12-19H,1-3H2,4H3. The third-order valence-corrected chi connectivity index (χ3v) is 4.84. The first kappa shape index (κ1) is 27.9. The number of hydrogen-bond acceptors (Lipinski definition) is 8. The molecule has 0 bridgehead atoms. The monoisotopic (exact) mass is 522 g/mol. The fourth-order valence-corrected chi connectivity index (χ4v) is 3.12. The van der Waals surface area contributed by atoms with E-state index in [0.29, 0.717) is 22.4 Å². The van der Waals surface area contributed by atoms with Gasteiger partial charge in [-0.25, -0.2) is 14.4 Å². The van der Waals surface area contributed by atoms with E-state index in [1.807, 2.05) is 0 Å². The first-order chi connectivity index (χ1) is 18.7. The smallest absolute Gasteiger partial charge is 0.335 e. The highest BCUT2D eigenvalue weighted by atomic mass is 16.5. The van der Waals surface area contributed by atoms with E-state index in [9.17, 15) is 19.2 Å². The summed E-state index contributed by atoms with van der Waals surface area (Å²) in [4.78, 5) is 46.8. The van der Waals surface area contributed by atoms with E-state index in [-0.39, 0.29) is 22.8 Å². The number of carbonyl (C=O) groups is 4. The molecule has 39 heavy (non-hydrogen) atoms. The summed E-state index contributed by atoms with van der Waals surface area (Å²) in [5.74, 6) is 4.17. The predicted octanol–water partition coefficient (Wildman–Crippen LogP) is 4.95. The van der Waals surface area contributed by atoms with Gasteiger partial charge in [0.1, 0.15) is 23.0 Å². The second-order valence-corrected chi connectivity index (χ2v) is 7.61. The minimum absolute atomic E-state index is 0.0829. The summed E-state index contributed by atoms with van der Waals surface area (Å²) in [6.07, 6.45) is 3.04. The lowest BCUT2D eigenvalue weighted by Gasteiger charge is -2.14. The van der Waals surface area contributed by atoms with Crippen LogP contribution in [-0.4, -0.2) is 23.9 Å². The molecule has 8 nitrogen and oxygen atoms in total. The maximum absolute atomic E-state index is 12.1. The highest BCUT2D eigenvalue weighted by Crippen LogP contribution is 2.37. The summed E-state index contributed by atoms with van der Waals surface area (Å²) >= 11 is 0. The molecule has 0 unspecified atom stereocenters. The molecule has 3 rings (SSSR count). The second kappa shape index (κ2) is 13.0. The molecule has 3 aromatic rings. The number of carbonyl (C=O) groups excluding carboxylic acids is 4. The van der Waals surface area contributed by atoms with Crippen LogP contribution in [0.2, 0.25) is 0 Å². The van der Waals surface area contributed by atoms with Gasteiger partial charge in [0.15, 0.2) is 0 Å². The van der Waals surface area contributed by atoms with Gasteiger partial charge in [0.05, 0.1) is 5.56 Å². The van der Waals surface area contributed by atoms with Gasteiger partial charge in [0.2, 0.25) is 0 Å². The number of esters is 4. The SMILES string of the molecule is C=CC(=O)Oc1ccc(-c2cc(OC(=O)C=C)c(C#Cc3ccc(OC(C)=O)cc3)cc2OC(=O)C=C)cc1. The molecule has 0 aromatic heterocycles. The molecule has 0 N–H and O–H groups in total. The molecule has 0 aliphatic heterocycles. The van der Waals surface area contributed by atoms with Crippen LogP contribution in [0.5, 0.6) is 23.0 Å². The summed E-state index contributed by atoms with van der Waals surface area (Å²) in [5, 5.41) is 0. The van der Waals surface area contributed by atoms with Crippen LogP contribution in [0.1, 0.15) is 18.1 Å². The summed E-state index contributed by atoms with van der Waals surface area (Å²) in [6, 6.07) is 15.7. The molecule has 3 aromatic carbocycles. The maximum Gasteiger partial charge on any atom is 0.335 e. The van der Waals surface area contributed by atoms with Crippen molar-refractivity contribution in [1.82, 2.24) is 0 Å². The largest absolute Gasteiger partial charge is 0.427 e. The summed E-state index contributed by atoms with van der Waals surface area (Å²) in [7, 11) is 0. The number of hydrogen-bond donors (Lipinski definition) is 0. The minimum atomic E-state index is -0.725. The fraction of sp³-hybridized carbons (Fsp3) is 0.0323. The van der Waals surface area contributed by atoms with Crippen LogP contribution in [0.25, 0.3) is 11.1 Å². The van der Waals surface area contributed by atoms with E-state index in [1.165, 1.54) is 19.1 Å². The maximum atomic E-state index is 12.1. The number of benzene rings is 3. The quantitative estimate of drug-likeness (QED) is 0.177. The van der Waals surface area contributed by atoms with Gasteiger partial charge in [-0.3, -0.25) is 4.79 Å². The van der Waals surface area contributed by atoms with Crippen molar-refractivity contribution < 1.29 is 38.1 Å². The average Bonchev–Trinajstić information content (AvgIpc) is 2.93. The third-order valence-electron chi connectivity index (χ3n) is 4.84. The summed E-state index contributed by atoms with van der Waals surface area (Å²) in [5.41, 5.74) is 1.75. The lowest BCUT2D eigenvalue weighted by Crippen LogP contribution is -2.08. The molecule has 0 fully saturated rings. The molecule has 0 spiro atoms. The van der Waals surface area contributed by atoms with Gasteiger partial charge in [-0.15, -0.1) is 0 Å². The van der Waals surface area contributed by atoms with Crippen molar-refractivity contribution in [1.29, 1.82) is 0 Å². The molecule has 194 valence electrons. The van der Waals surface area contributed by atoms with Crippen molar-refractivity contribution >= 4 is 23.9 Å². The summed E-state index contributed by atoms with van der Waals surface area (Å²) in [6.45, 7) is 11.5. The van der Waals surface area contributed by atoms with E-state index in [2.05, 4.69) is 31.6 Å². The molecule has 0 amide bonds. The third kappa shape index (κ3) is 7.90. The predicted molar refractivity (Wildman–Crippen MR) is 143 cm³/mol.